The minimum absolute atomic E-state index is 0.421. The molecule has 1 heterocycles. The van der Waals surface area contributed by atoms with Crippen molar-refractivity contribution in [1.29, 1.82) is 0 Å². The minimum atomic E-state index is -1.55. The van der Waals surface area contributed by atoms with Gasteiger partial charge in [-0.05, 0) is 33.6 Å². The number of nitrogens with zero attached hydrogens (tertiary/aromatic N) is 1. The van der Waals surface area contributed by atoms with Crippen molar-refractivity contribution in [3.8, 4) is 0 Å². The van der Waals surface area contributed by atoms with E-state index in [2.05, 4.69) is 0 Å². The highest BCUT2D eigenvalue weighted by molar-refractivity contribution is 5.75. The highest BCUT2D eigenvalue weighted by Gasteiger charge is 2.39. The van der Waals surface area contributed by atoms with Crippen molar-refractivity contribution >= 4 is 12.1 Å². The third-order valence-electron chi connectivity index (χ3n) is 2.54. The van der Waals surface area contributed by atoms with Gasteiger partial charge in [-0.2, -0.15) is 0 Å². The fourth-order valence-electron chi connectivity index (χ4n) is 1.83. The summed E-state index contributed by atoms with van der Waals surface area (Å²) in [4.78, 5) is 23.8. The van der Waals surface area contributed by atoms with E-state index in [4.69, 9.17) is 9.84 Å². The normalized spacial score (nSPS) is 22.4. The number of carboxylic acids is 1. The monoisotopic (exact) mass is 245 g/mol. The van der Waals surface area contributed by atoms with Gasteiger partial charge in [0.2, 0.25) is 0 Å². The third kappa shape index (κ3) is 3.59. The molecule has 2 N–H and O–H groups in total. The summed E-state index contributed by atoms with van der Waals surface area (Å²) in [6.07, 6.45) is -0.966. The lowest BCUT2D eigenvalue weighted by molar-refractivity contribution is -0.149. The van der Waals surface area contributed by atoms with Crippen molar-refractivity contribution in [3.63, 3.8) is 0 Å². The lowest BCUT2D eigenvalue weighted by Gasteiger charge is -2.29. The Balaban J connectivity index is 2.69. The number of carbonyl (C=O) groups excluding carboxylic acids is 1. The van der Waals surface area contributed by atoms with Crippen LogP contribution in [0.4, 0.5) is 4.79 Å². The molecule has 1 unspecified atom stereocenters. The predicted octanol–water partition coefficient (Wildman–Crippen LogP) is 0.831. The molecular formula is C11H19NO5. The highest BCUT2D eigenvalue weighted by Crippen LogP contribution is 2.23. The molecule has 0 spiro atoms. The molecule has 0 aliphatic carbocycles. The zero-order valence-corrected chi connectivity index (χ0v) is 10.3. The van der Waals surface area contributed by atoms with Gasteiger partial charge in [0.15, 0.2) is 6.10 Å². The second-order valence-electron chi connectivity index (χ2n) is 5.17. The number of aliphatic carboxylic acids is 1. The largest absolute Gasteiger partial charge is 0.479 e. The van der Waals surface area contributed by atoms with Gasteiger partial charge in [0.1, 0.15) is 5.60 Å². The lowest BCUT2D eigenvalue weighted by atomic mass is 10.1. The zero-order chi connectivity index (χ0) is 13.2. The van der Waals surface area contributed by atoms with E-state index in [9.17, 15) is 14.7 Å². The van der Waals surface area contributed by atoms with Crippen molar-refractivity contribution in [1.82, 2.24) is 4.90 Å². The molecule has 6 heteroatoms. The summed E-state index contributed by atoms with van der Waals surface area (Å²) in [5.74, 6) is -1.31. The minimum Gasteiger partial charge on any atom is -0.479 e. The second kappa shape index (κ2) is 4.91. The van der Waals surface area contributed by atoms with Crippen LogP contribution in [0, 0.1) is 0 Å². The summed E-state index contributed by atoms with van der Waals surface area (Å²) in [5.41, 5.74) is -0.627. The van der Waals surface area contributed by atoms with Crippen molar-refractivity contribution in [2.75, 3.05) is 6.54 Å². The van der Waals surface area contributed by atoms with Gasteiger partial charge in [-0.25, -0.2) is 9.59 Å². The smallest absolute Gasteiger partial charge is 0.410 e. The van der Waals surface area contributed by atoms with Gasteiger partial charge in [-0.3, -0.25) is 0 Å². The molecule has 1 amide bonds. The van der Waals surface area contributed by atoms with Crippen molar-refractivity contribution in [2.45, 2.75) is 51.4 Å². The van der Waals surface area contributed by atoms with Crippen LogP contribution in [0.3, 0.4) is 0 Å². The molecule has 1 saturated heterocycles. The Kier molecular flexibility index (Phi) is 3.98. The van der Waals surface area contributed by atoms with Gasteiger partial charge in [-0.1, -0.05) is 0 Å². The highest BCUT2D eigenvalue weighted by atomic mass is 16.6. The second-order valence-corrected chi connectivity index (χ2v) is 5.17. The molecule has 1 fully saturated rings. The molecule has 1 rings (SSSR count). The molecule has 1 aliphatic rings. The van der Waals surface area contributed by atoms with Crippen molar-refractivity contribution < 1.29 is 24.5 Å². The van der Waals surface area contributed by atoms with Gasteiger partial charge >= 0.3 is 12.1 Å². The number of aliphatic hydroxyl groups excluding tert-OH is 1. The number of aliphatic hydroxyl groups is 1. The number of amides is 1. The number of hydrogen-bond acceptors (Lipinski definition) is 4. The summed E-state index contributed by atoms with van der Waals surface area (Å²) in [6, 6.07) is -0.692. The van der Waals surface area contributed by atoms with Gasteiger partial charge < -0.3 is 19.8 Å². The molecule has 1 aliphatic heterocycles. The first-order valence-corrected chi connectivity index (χ1v) is 5.63. The van der Waals surface area contributed by atoms with E-state index in [0.717, 1.165) is 0 Å². The van der Waals surface area contributed by atoms with Gasteiger partial charge in [0.25, 0.3) is 0 Å². The summed E-state index contributed by atoms with van der Waals surface area (Å²) in [6.45, 7) is 5.64. The maximum atomic E-state index is 11.8. The van der Waals surface area contributed by atoms with Crippen LogP contribution in [0.2, 0.25) is 0 Å². The first-order chi connectivity index (χ1) is 7.72. The van der Waals surface area contributed by atoms with Gasteiger partial charge in [0.05, 0.1) is 6.04 Å². The number of rotatable bonds is 2. The average molecular weight is 245 g/mol. The van der Waals surface area contributed by atoms with E-state index in [1.807, 2.05) is 0 Å². The van der Waals surface area contributed by atoms with Gasteiger partial charge in [-0.15, -0.1) is 0 Å². The molecule has 17 heavy (non-hydrogen) atoms. The van der Waals surface area contributed by atoms with Crippen LogP contribution in [0.15, 0.2) is 0 Å². The number of ether oxygens (including phenoxy) is 1. The third-order valence-corrected chi connectivity index (χ3v) is 2.54. The van der Waals surface area contributed by atoms with E-state index < -0.39 is 29.8 Å². The van der Waals surface area contributed by atoms with Crippen molar-refractivity contribution in [3.05, 3.63) is 0 Å². The molecule has 0 aromatic heterocycles. The molecule has 0 aromatic rings. The van der Waals surface area contributed by atoms with Crippen LogP contribution in [-0.2, 0) is 9.53 Å². The Hall–Kier alpha value is -1.30. The number of carbonyl (C=O) groups is 2. The van der Waals surface area contributed by atoms with E-state index in [1.165, 1.54) is 4.90 Å². The topological polar surface area (TPSA) is 87.1 Å². The molecule has 0 saturated carbocycles. The Labute approximate surface area is 100 Å². The maximum Gasteiger partial charge on any atom is 0.410 e. The fraction of sp³-hybridized carbons (Fsp3) is 0.818. The van der Waals surface area contributed by atoms with E-state index >= 15 is 0 Å². The fourth-order valence-corrected chi connectivity index (χ4v) is 1.83. The van der Waals surface area contributed by atoms with Crippen molar-refractivity contribution in [2.24, 2.45) is 0 Å². The molecule has 98 valence electrons. The number of likely N-dealkylation sites (tertiary alicyclic amines) is 1. The van der Waals surface area contributed by atoms with Crippen LogP contribution in [0.5, 0.6) is 0 Å². The Morgan fingerprint density at radius 3 is 2.47 bits per heavy atom. The van der Waals surface area contributed by atoms with E-state index in [0.29, 0.717) is 19.4 Å². The maximum absolute atomic E-state index is 11.8. The van der Waals surface area contributed by atoms with E-state index in [1.54, 1.807) is 20.8 Å². The Morgan fingerprint density at radius 2 is 2.00 bits per heavy atom. The van der Waals surface area contributed by atoms with Crippen LogP contribution in [0.1, 0.15) is 33.6 Å². The lowest BCUT2D eigenvalue weighted by Crippen LogP contribution is -2.47. The van der Waals surface area contributed by atoms with Gasteiger partial charge in [0, 0.05) is 6.54 Å². The number of hydrogen-bond donors (Lipinski definition) is 2. The molecule has 0 aromatic carbocycles. The van der Waals surface area contributed by atoms with Crippen LogP contribution in [-0.4, -0.2) is 51.5 Å². The number of carboxylic acid groups (broad SMARTS) is 1. The zero-order valence-electron chi connectivity index (χ0n) is 10.3. The molecule has 0 bridgehead atoms. The summed E-state index contributed by atoms with van der Waals surface area (Å²) in [7, 11) is 0. The Morgan fingerprint density at radius 1 is 1.41 bits per heavy atom. The predicted molar refractivity (Wildman–Crippen MR) is 59.6 cm³/mol. The van der Waals surface area contributed by atoms with Crippen LogP contribution >= 0.6 is 0 Å². The quantitative estimate of drug-likeness (QED) is 0.752. The Bertz CT molecular complexity index is 309. The molecule has 0 radical (unpaired) electrons. The summed E-state index contributed by atoms with van der Waals surface area (Å²) >= 11 is 0. The molecule has 6 nitrogen and oxygen atoms in total. The summed E-state index contributed by atoms with van der Waals surface area (Å²) in [5, 5.41) is 18.2. The first-order valence-electron chi connectivity index (χ1n) is 5.63. The van der Waals surface area contributed by atoms with Crippen LogP contribution in [0.25, 0.3) is 0 Å². The van der Waals surface area contributed by atoms with E-state index in [-0.39, 0.29) is 0 Å². The standard InChI is InChI=1S/C11H19NO5/c1-11(2,3)17-10(16)12-6-4-5-7(12)8(13)9(14)15/h7-8,13H,4-6H2,1-3H3,(H,14,15)/t7-,8?/m0/s1. The first kappa shape index (κ1) is 13.8. The molecular weight excluding hydrogens is 226 g/mol. The molecule has 2 atom stereocenters. The SMILES string of the molecule is CC(C)(C)OC(=O)N1CCC[C@H]1C(O)C(=O)O. The average Bonchev–Trinajstić information content (AvgIpc) is 2.61. The summed E-state index contributed by atoms with van der Waals surface area (Å²) < 4.78 is 5.16. The van der Waals surface area contributed by atoms with Crippen LogP contribution < -0.4 is 0 Å².